The van der Waals surface area contributed by atoms with Gasteiger partial charge in [-0.25, -0.2) is 12.4 Å². The quantitative estimate of drug-likeness (QED) is 0.588. The molecule has 2 heterocycles. The predicted octanol–water partition coefficient (Wildman–Crippen LogP) is 4.59. The second kappa shape index (κ2) is 7.08. The Hall–Kier alpha value is -1.63. The molecule has 3 aromatic rings. The third kappa shape index (κ3) is 3.46. The lowest BCUT2D eigenvalue weighted by atomic mass is 10.0. The van der Waals surface area contributed by atoms with Gasteiger partial charge in [-0.3, -0.25) is 0 Å². The van der Waals surface area contributed by atoms with Crippen molar-refractivity contribution in [2.75, 3.05) is 13.6 Å². The number of likely N-dealkylation sites (tertiary alicyclic amines) is 1. The lowest BCUT2D eigenvalue weighted by Crippen LogP contribution is -2.26. The molecule has 0 spiro atoms. The number of hydrogen-bond donors (Lipinski definition) is 0. The molecule has 1 aromatic heterocycles. The van der Waals surface area contributed by atoms with Gasteiger partial charge in [-0.15, -0.1) is 0 Å². The lowest BCUT2D eigenvalue weighted by molar-refractivity contribution is 0.310. The van der Waals surface area contributed by atoms with Gasteiger partial charge in [0.15, 0.2) is 0 Å². The van der Waals surface area contributed by atoms with Crippen LogP contribution in [-0.2, 0) is 16.4 Å². The van der Waals surface area contributed by atoms with E-state index in [1.54, 1.807) is 12.1 Å². The molecule has 0 saturated carbocycles. The molecule has 1 saturated heterocycles. The topological polar surface area (TPSA) is 42.3 Å². The van der Waals surface area contributed by atoms with Gasteiger partial charge in [0.25, 0.3) is 10.0 Å². The van der Waals surface area contributed by atoms with Crippen molar-refractivity contribution in [3.63, 3.8) is 0 Å². The third-order valence-corrected chi connectivity index (χ3v) is 7.70. The molecule has 2 aromatic carbocycles. The van der Waals surface area contributed by atoms with Gasteiger partial charge in [-0.2, -0.15) is 0 Å². The summed E-state index contributed by atoms with van der Waals surface area (Å²) in [5.74, 6) is 0. The Balaban J connectivity index is 1.84. The fourth-order valence-corrected chi connectivity index (χ4v) is 5.67. The summed E-state index contributed by atoms with van der Waals surface area (Å²) in [5, 5.41) is 1.00. The van der Waals surface area contributed by atoms with E-state index in [0.717, 1.165) is 45.9 Å². The normalized spacial score (nSPS) is 18.4. The first-order chi connectivity index (χ1) is 12.9. The number of benzene rings is 2. The van der Waals surface area contributed by atoms with Crippen LogP contribution in [0, 0.1) is 6.92 Å². The summed E-state index contributed by atoms with van der Waals surface area (Å²) in [6, 6.07) is 13.3. The predicted molar refractivity (Wildman–Crippen MR) is 113 cm³/mol. The van der Waals surface area contributed by atoms with Gasteiger partial charge < -0.3 is 4.90 Å². The van der Waals surface area contributed by atoms with Crippen LogP contribution in [0.4, 0.5) is 0 Å². The van der Waals surface area contributed by atoms with Crippen LogP contribution in [0.15, 0.2) is 58.0 Å². The van der Waals surface area contributed by atoms with Crippen LogP contribution in [0.3, 0.4) is 0 Å². The maximum atomic E-state index is 13.3. The van der Waals surface area contributed by atoms with Crippen molar-refractivity contribution >= 4 is 36.9 Å². The Morgan fingerprint density at radius 2 is 1.89 bits per heavy atom. The fourth-order valence-electron chi connectivity index (χ4n) is 3.91. The molecule has 27 heavy (non-hydrogen) atoms. The molecule has 0 aliphatic carbocycles. The zero-order chi connectivity index (χ0) is 19.2. The maximum Gasteiger partial charge on any atom is 0.268 e. The van der Waals surface area contributed by atoms with Crippen molar-refractivity contribution in [3.8, 4) is 0 Å². The molecule has 0 N–H and O–H groups in total. The number of aryl methyl sites for hydroxylation is 1. The number of halogens is 1. The van der Waals surface area contributed by atoms with Crippen LogP contribution in [0.1, 0.15) is 24.0 Å². The standard InChI is InChI=1S/C21H23BrN2O2S/c1-15-5-8-19(9-6-15)27(25,26)24-14-16(12-18-4-3-11-23(18)2)20-13-17(22)7-10-21(20)24/h5-10,13-14,18H,3-4,11-12H2,1-2H3/t18-/m1/s1. The minimum Gasteiger partial charge on any atom is -0.303 e. The second-order valence-electron chi connectivity index (χ2n) is 7.41. The summed E-state index contributed by atoms with van der Waals surface area (Å²) in [6.07, 6.45) is 5.03. The highest BCUT2D eigenvalue weighted by molar-refractivity contribution is 9.10. The minimum atomic E-state index is -3.63. The second-order valence-corrected chi connectivity index (χ2v) is 10.1. The van der Waals surface area contributed by atoms with Gasteiger partial charge in [0.1, 0.15) is 0 Å². The Labute approximate surface area is 169 Å². The van der Waals surface area contributed by atoms with E-state index in [4.69, 9.17) is 0 Å². The summed E-state index contributed by atoms with van der Waals surface area (Å²) in [4.78, 5) is 2.69. The molecule has 6 heteroatoms. The van der Waals surface area contributed by atoms with Crippen LogP contribution in [0.2, 0.25) is 0 Å². The van der Waals surface area contributed by atoms with E-state index in [0.29, 0.717) is 10.9 Å². The summed E-state index contributed by atoms with van der Waals surface area (Å²) >= 11 is 3.53. The molecule has 142 valence electrons. The monoisotopic (exact) mass is 446 g/mol. The SMILES string of the molecule is Cc1ccc(S(=O)(=O)n2cc(C[C@H]3CCCN3C)c3cc(Br)ccc32)cc1. The zero-order valence-electron chi connectivity index (χ0n) is 15.5. The number of fused-ring (bicyclic) bond motifs is 1. The third-order valence-electron chi connectivity index (χ3n) is 5.52. The molecule has 1 aliphatic rings. The van der Waals surface area contributed by atoms with Crippen molar-refractivity contribution in [2.24, 2.45) is 0 Å². The minimum absolute atomic E-state index is 0.317. The molecule has 0 unspecified atom stereocenters. The summed E-state index contributed by atoms with van der Waals surface area (Å²) in [5.41, 5.74) is 2.86. The number of aromatic nitrogens is 1. The molecule has 1 aliphatic heterocycles. The van der Waals surface area contributed by atoms with Gasteiger partial charge in [0.05, 0.1) is 10.4 Å². The van der Waals surface area contributed by atoms with Gasteiger partial charge in [-0.05, 0) is 75.7 Å². The van der Waals surface area contributed by atoms with Crippen molar-refractivity contribution in [1.29, 1.82) is 0 Å². The van der Waals surface area contributed by atoms with Crippen LogP contribution in [0.25, 0.3) is 10.9 Å². The van der Waals surface area contributed by atoms with Crippen LogP contribution >= 0.6 is 15.9 Å². The van der Waals surface area contributed by atoms with Crippen molar-refractivity contribution < 1.29 is 8.42 Å². The van der Waals surface area contributed by atoms with E-state index >= 15 is 0 Å². The first kappa shape index (κ1) is 18.7. The summed E-state index contributed by atoms with van der Waals surface area (Å²) < 4.78 is 29.0. The van der Waals surface area contributed by atoms with Crippen LogP contribution in [0.5, 0.6) is 0 Å². The number of nitrogens with zero attached hydrogens (tertiary/aromatic N) is 2. The molecular weight excluding hydrogens is 424 g/mol. The van der Waals surface area contributed by atoms with Crippen molar-refractivity contribution in [2.45, 2.75) is 37.1 Å². The summed E-state index contributed by atoms with van der Waals surface area (Å²) in [7, 11) is -1.49. The Morgan fingerprint density at radius 1 is 1.15 bits per heavy atom. The van der Waals surface area contributed by atoms with E-state index in [2.05, 4.69) is 27.9 Å². The largest absolute Gasteiger partial charge is 0.303 e. The van der Waals surface area contributed by atoms with E-state index in [-0.39, 0.29) is 0 Å². The maximum absolute atomic E-state index is 13.3. The summed E-state index contributed by atoms with van der Waals surface area (Å²) in [6.45, 7) is 3.06. The van der Waals surface area contributed by atoms with Crippen molar-refractivity contribution in [1.82, 2.24) is 8.87 Å². The van der Waals surface area contributed by atoms with E-state index in [1.165, 1.54) is 10.4 Å². The average molecular weight is 447 g/mol. The first-order valence-corrected chi connectivity index (χ1v) is 11.4. The van der Waals surface area contributed by atoms with Gasteiger partial charge in [-0.1, -0.05) is 33.6 Å². The average Bonchev–Trinajstić information content (AvgIpc) is 3.20. The number of likely N-dealkylation sites (N-methyl/N-ethyl adjacent to an activating group) is 1. The van der Waals surface area contributed by atoms with Gasteiger partial charge in [0.2, 0.25) is 0 Å². The van der Waals surface area contributed by atoms with Crippen molar-refractivity contribution in [3.05, 3.63) is 64.3 Å². The van der Waals surface area contributed by atoms with E-state index in [9.17, 15) is 8.42 Å². The molecular formula is C21H23BrN2O2S. The van der Waals surface area contributed by atoms with E-state index in [1.807, 2.05) is 43.5 Å². The molecule has 0 bridgehead atoms. The van der Waals surface area contributed by atoms with Gasteiger partial charge in [0, 0.05) is 22.1 Å². The first-order valence-electron chi connectivity index (χ1n) is 9.18. The van der Waals surface area contributed by atoms with Gasteiger partial charge >= 0.3 is 0 Å². The van der Waals surface area contributed by atoms with Crippen LogP contribution < -0.4 is 0 Å². The molecule has 0 amide bonds. The van der Waals surface area contributed by atoms with E-state index < -0.39 is 10.0 Å². The molecule has 4 rings (SSSR count). The molecule has 4 nitrogen and oxygen atoms in total. The Bertz CT molecular complexity index is 1090. The molecule has 1 atom stereocenters. The molecule has 0 radical (unpaired) electrons. The Kier molecular flexibility index (Phi) is 4.91. The fraction of sp³-hybridized carbons (Fsp3) is 0.333. The highest BCUT2D eigenvalue weighted by Gasteiger charge is 2.25. The smallest absolute Gasteiger partial charge is 0.268 e. The molecule has 1 fully saturated rings. The zero-order valence-corrected chi connectivity index (χ0v) is 17.9. The van der Waals surface area contributed by atoms with Crippen LogP contribution in [-0.4, -0.2) is 36.9 Å². The number of hydrogen-bond acceptors (Lipinski definition) is 3. The highest BCUT2D eigenvalue weighted by Crippen LogP contribution is 2.31. The highest BCUT2D eigenvalue weighted by atomic mass is 79.9. The lowest BCUT2D eigenvalue weighted by Gasteiger charge is -2.18. The Morgan fingerprint density at radius 3 is 2.56 bits per heavy atom. The number of rotatable bonds is 4.